The number of hydrogen-bond donors (Lipinski definition) is 1. The summed E-state index contributed by atoms with van der Waals surface area (Å²) >= 11 is 1.08. The van der Waals surface area contributed by atoms with Crippen LogP contribution in [-0.4, -0.2) is 66.6 Å². The van der Waals surface area contributed by atoms with Gasteiger partial charge in [0.2, 0.25) is 11.9 Å². The molecule has 10 nitrogen and oxygen atoms in total. The summed E-state index contributed by atoms with van der Waals surface area (Å²) < 4.78 is 34.7. The van der Waals surface area contributed by atoms with E-state index in [0.717, 1.165) is 28.1 Å². The summed E-state index contributed by atoms with van der Waals surface area (Å²) in [5.41, 5.74) is 0.712. The van der Waals surface area contributed by atoms with Gasteiger partial charge in [-0.3, -0.25) is 4.79 Å². The molecule has 0 radical (unpaired) electrons. The quantitative estimate of drug-likeness (QED) is 0.188. The van der Waals surface area contributed by atoms with Crippen molar-refractivity contribution in [3.8, 4) is 0 Å². The van der Waals surface area contributed by atoms with Gasteiger partial charge < -0.3 is 28.8 Å². The molecular weight excluding hydrogens is 468 g/mol. The first kappa shape index (κ1) is 25.1. The number of aliphatic hydroxyl groups is 1. The van der Waals surface area contributed by atoms with Crippen molar-refractivity contribution in [2.24, 2.45) is 0 Å². The monoisotopic (exact) mass is 496 g/mol. The lowest BCUT2D eigenvalue weighted by atomic mass is 9.88. The minimum absolute atomic E-state index is 0.0988. The van der Waals surface area contributed by atoms with Crippen molar-refractivity contribution in [1.29, 1.82) is 0 Å². The van der Waals surface area contributed by atoms with Crippen LogP contribution < -0.4 is 0 Å². The number of ether oxygens (including phenoxy) is 5. The van der Waals surface area contributed by atoms with Crippen molar-refractivity contribution in [3.05, 3.63) is 35.6 Å². The van der Waals surface area contributed by atoms with Crippen LogP contribution in [0, 0.1) is 0 Å². The Hall–Kier alpha value is -1.99. The minimum Gasteiger partial charge on any atom is -0.487 e. The van der Waals surface area contributed by atoms with Crippen LogP contribution in [0.3, 0.4) is 0 Å². The van der Waals surface area contributed by atoms with Crippen LogP contribution in [0.25, 0.3) is 5.57 Å². The van der Waals surface area contributed by atoms with E-state index in [1.54, 1.807) is 0 Å². The second-order valence-corrected chi connectivity index (χ2v) is 9.36. The van der Waals surface area contributed by atoms with E-state index in [2.05, 4.69) is 4.89 Å². The number of benzene rings is 1. The number of esters is 1. The molecule has 1 spiro atoms. The maximum absolute atomic E-state index is 12.3. The Labute approximate surface area is 201 Å². The maximum Gasteiger partial charge on any atom is 0.347 e. The summed E-state index contributed by atoms with van der Waals surface area (Å²) in [6, 6.07) is 7.55. The Morgan fingerprint density at radius 2 is 1.94 bits per heavy atom. The van der Waals surface area contributed by atoms with Crippen molar-refractivity contribution >= 4 is 29.4 Å². The van der Waals surface area contributed by atoms with Crippen LogP contribution in [0.15, 0.2) is 34.9 Å². The van der Waals surface area contributed by atoms with Crippen molar-refractivity contribution in [3.63, 3.8) is 0 Å². The third kappa shape index (κ3) is 4.37. The maximum atomic E-state index is 12.3. The Balaban J connectivity index is 1.72. The molecule has 3 aliphatic rings. The summed E-state index contributed by atoms with van der Waals surface area (Å²) in [5, 5.41) is 9.71. The molecule has 3 heterocycles. The molecule has 2 saturated heterocycles. The number of carbonyl (C=O) groups is 2. The van der Waals surface area contributed by atoms with Crippen molar-refractivity contribution in [2.75, 3.05) is 13.7 Å². The van der Waals surface area contributed by atoms with E-state index < -0.39 is 41.6 Å². The molecule has 0 aromatic heterocycles. The summed E-state index contributed by atoms with van der Waals surface area (Å²) in [5.74, 6) is -3.17. The first-order chi connectivity index (χ1) is 16.1. The van der Waals surface area contributed by atoms with Crippen LogP contribution >= 0.6 is 12.0 Å². The molecule has 11 heteroatoms. The number of hydrogen-bond acceptors (Lipinski definition) is 11. The van der Waals surface area contributed by atoms with E-state index in [-0.39, 0.29) is 12.7 Å². The van der Waals surface area contributed by atoms with E-state index >= 15 is 0 Å². The Morgan fingerprint density at radius 3 is 2.50 bits per heavy atom. The topological polar surface area (TPSA) is 119 Å². The number of rotatable bonds is 8. The van der Waals surface area contributed by atoms with Crippen LogP contribution in [0.2, 0.25) is 0 Å². The number of Topliss-reactive ketones (excluding diaryl/α,β-unsaturated/α-hetero) is 1. The average Bonchev–Trinajstić information content (AvgIpc) is 3.42. The van der Waals surface area contributed by atoms with E-state index in [1.807, 2.05) is 52.0 Å². The third-order valence-electron chi connectivity index (χ3n) is 5.86. The smallest absolute Gasteiger partial charge is 0.347 e. The van der Waals surface area contributed by atoms with Crippen LogP contribution in [0.1, 0.15) is 39.7 Å². The molecule has 2 fully saturated rings. The first-order valence-electron chi connectivity index (χ1n) is 11.0. The second kappa shape index (κ2) is 9.57. The Bertz CT molecular complexity index is 976. The van der Waals surface area contributed by atoms with Gasteiger partial charge in [-0.2, -0.15) is 4.33 Å². The highest BCUT2D eigenvalue weighted by molar-refractivity contribution is 7.94. The first-order valence-corrected chi connectivity index (χ1v) is 11.7. The van der Waals surface area contributed by atoms with Gasteiger partial charge >= 0.3 is 11.9 Å². The predicted molar refractivity (Wildman–Crippen MR) is 118 cm³/mol. The molecule has 0 amide bonds. The molecule has 2 unspecified atom stereocenters. The molecule has 1 N–H and O–H groups in total. The highest BCUT2D eigenvalue weighted by Gasteiger charge is 2.63. The lowest BCUT2D eigenvalue weighted by Crippen LogP contribution is -2.42. The molecular formula is C23H28O10S. The molecule has 1 aromatic rings. The van der Waals surface area contributed by atoms with E-state index in [4.69, 9.17) is 28.0 Å². The fourth-order valence-corrected chi connectivity index (χ4v) is 4.54. The largest absolute Gasteiger partial charge is 0.487 e. The fourth-order valence-electron chi connectivity index (χ4n) is 4.15. The highest BCUT2D eigenvalue weighted by atomic mass is 32.2. The molecule has 4 rings (SSSR count). The van der Waals surface area contributed by atoms with Crippen molar-refractivity contribution in [1.82, 2.24) is 0 Å². The molecule has 186 valence electrons. The number of ketones is 1. The van der Waals surface area contributed by atoms with Crippen LogP contribution in [0.4, 0.5) is 0 Å². The third-order valence-corrected chi connectivity index (χ3v) is 6.53. The van der Waals surface area contributed by atoms with E-state index in [9.17, 15) is 14.7 Å². The zero-order valence-electron chi connectivity index (χ0n) is 19.6. The summed E-state index contributed by atoms with van der Waals surface area (Å²) in [4.78, 5) is 29.5. The number of carbonyl (C=O) groups excluding carboxylic acids is 2. The van der Waals surface area contributed by atoms with Gasteiger partial charge in [-0.25, -0.2) is 9.68 Å². The van der Waals surface area contributed by atoms with Crippen molar-refractivity contribution in [2.45, 2.75) is 75.0 Å². The predicted octanol–water partition coefficient (Wildman–Crippen LogP) is 2.53. The minimum atomic E-state index is -1.83. The zero-order valence-corrected chi connectivity index (χ0v) is 20.4. The molecule has 0 bridgehead atoms. The van der Waals surface area contributed by atoms with E-state index in [0.29, 0.717) is 12.2 Å². The van der Waals surface area contributed by atoms with Gasteiger partial charge in [-0.1, -0.05) is 19.1 Å². The lowest BCUT2D eigenvalue weighted by molar-refractivity contribution is -0.343. The van der Waals surface area contributed by atoms with Gasteiger partial charge in [0.15, 0.2) is 11.9 Å². The zero-order chi connectivity index (χ0) is 24.7. The summed E-state index contributed by atoms with van der Waals surface area (Å²) in [6.45, 7) is 7.51. The summed E-state index contributed by atoms with van der Waals surface area (Å²) in [6.07, 6.45) is -3.77. The molecule has 34 heavy (non-hydrogen) atoms. The van der Waals surface area contributed by atoms with Crippen molar-refractivity contribution < 1.29 is 47.6 Å². The van der Waals surface area contributed by atoms with E-state index in [1.165, 1.54) is 7.11 Å². The van der Waals surface area contributed by atoms with Gasteiger partial charge in [-0.15, -0.1) is 0 Å². The van der Waals surface area contributed by atoms with Gasteiger partial charge in [0.05, 0.1) is 31.9 Å². The normalized spacial score (nSPS) is 33.4. The highest BCUT2D eigenvalue weighted by Crippen LogP contribution is 2.53. The standard InChI is InChI=1S/C23H28O10S/c1-6-22(4)16(13-7-9-14(10-8-13)34-33-27-5)20(29-12(2)3)23(32-22)28-11-15(31-23)19-17(24)18(25)21(26)30-19/h7-10,12,15,18-19,25H,6,11H2,1-5H3/t15-,18?,19+,22+,23?/m0/s1. The fraction of sp³-hybridized carbons (Fsp3) is 0.565. The molecule has 3 aliphatic heterocycles. The molecule has 0 saturated carbocycles. The Kier molecular flexibility index (Phi) is 7.07. The van der Waals surface area contributed by atoms with Gasteiger partial charge in [0.25, 0.3) is 0 Å². The van der Waals surface area contributed by atoms with Gasteiger partial charge in [0.1, 0.15) is 11.7 Å². The summed E-state index contributed by atoms with van der Waals surface area (Å²) in [7, 11) is 1.43. The SMILES string of the molecule is CC[C@@]1(C)OC2(OC[C@@H]([C@H]3OC(=O)C(O)C3=O)O2)C(OC(C)C)=C1c1ccc(SOOC)cc1. The molecule has 1 aromatic carbocycles. The average molecular weight is 497 g/mol. The van der Waals surface area contributed by atoms with Crippen LogP contribution in [0.5, 0.6) is 0 Å². The number of aliphatic hydroxyl groups excluding tert-OH is 1. The molecule has 5 atom stereocenters. The molecule has 0 aliphatic carbocycles. The second-order valence-electron chi connectivity index (χ2n) is 8.59. The lowest BCUT2D eigenvalue weighted by Gasteiger charge is -2.30. The van der Waals surface area contributed by atoms with Crippen LogP contribution in [-0.2, 0) is 42.5 Å². The Morgan fingerprint density at radius 1 is 1.24 bits per heavy atom. The van der Waals surface area contributed by atoms with Gasteiger partial charge in [0, 0.05) is 10.5 Å². The van der Waals surface area contributed by atoms with Gasteiger partial charge in [-0.05, 0) is 44.9 Å². The number of cyclic esters (lactones) is 1.